The standard InChI is InChI=1S/C22H22N4O2/c1-28-18-7-2-15(3-8-18)12-23-26-11-10-19(22(26)27)20-14-25-13-17(16-4-5-16)6-9-21(25)24-20/h2-3,6-9,12-14,16,19H,4-5,10-11H2,1H3/b23-12+. The zero-order chi connectivity index (χ0) is 19.1. The Kier molecular flexibility index (Phi) is 4.11. The Labute approximate surface area is 163 Å². The van der Waals surface area contributed by atoms with Crippen LogP contribution in [0.25, 0.3) is 5.65 Å². The minimum absolute atomic E-state index is 0.00980. The number of carbonyl (C=O) groups excluding carboxylic acids is 1. The van der Waals surface area contributed by atoms with Crippen molar-refractivity contribution in [1.82, 2.24) is 14.4 Å². The Morgan fingerprint density at radius 3 is 2.68 bits per heavy atom. The Balaban J connectivity index is 1.32. The summed E-state index contributed by atoms with van der Waals surface area (Å²) < 4.78 is 7.21. The van der Waals surface area contributed by atoms with Gasteiger partial charge in [-0.15, -0.1) is 0 Å². The van der Waals surface area contributed by atoms with Crippen LogP contribution in [0, 0.1) is 0 Å². The van der Waals surface area contributed by atoms with Gasteiger partial charge < -0.3 is 9.14 Å². The molecule has 1 aliphatic carbocycles. The van der Waals surface area contributed by atoms with Gasteiger partial charge in [0.2, 0.25) is 0 Å². The number of aromatic nitrogens is 2. The summed E-state index contributed by atoms with van der Waals surface area (Å²) in [6.07, 6.45) is 9.15. The van der Waals surface area contributed by atoms with Gasteiger partial charge in [-0.1, -0.05) is 6.07 Å². The second kappa shape index (κ2) is 6.78. The molecule has 0 spiro atoms. The number of methoxy groups -OCH3 is 1. The number of hydrazone groups is 1. The maximum Gasteiger partial charge on any atom is 0.251 e. The molecule has 1 saturated heterocycles. The molecule has 2 aromatic heterocycles. The zero-order valence-electron chi connectivity index (χ0n) is 15.8. The van der Waals surface area contributed by atoms with Gasteiger partial charge in [0.25, 0.3) is 5.91 Å². The SMILES string of the molecule is COc1ccc(/C=N/N2CCC(c3cn4cc(C5CC5)ccc4n3)C2=O)cc1. The largest absolute Gasteiger partial charge is 0.497 e. The second-order valence-electron chi connectivity index (χ2n) is 7.49. The fourth-order valence-electron chi connectivity index (χ4n) is 3.73. The van der Waals surface area contributed by atoms with Crippen molar-refractivity contribution < 1.29 is 9.53 Å². The molecule has 3 aromatic rings. The average Bonchev–Trinajstić information content (AvgIpc) is 3.39. The van der Waals surface area contributed by atoms with Crippen molar-refractivity contribution in [3.63, 3.8) is 0 Å². The molecule has 6 nitrogen and oxygen atoms in total. The van der Waals surface area contributed by atoms with Gasteiger partial charge in [-0.05, 0) is 66.6 Å². The molecule has 1 amide bonds. The maximum atomic E-state index is 12.8. The molecule has 1 atom stereocenters. The normalized spacial score (nSPS) is 19.8. The van der Waals surface area contributed by atoms with Crippen molar-refractivity contribution in [2.75, 3.05) is 13.7 Å². The first-order valence-electron chi connectivity index (χ1n) is 9.69. The third-order valence-electron chi connectivity index (χ3n) is 5.54. The van der Waals surface area contributed by atoms with Crippen LogP contribution in [-0.2, 0) is 4.79 Å². The minimum atomic E-state index is -0.225. The van der Waals surface area contributed by atoms with Crippen LogP contribution in [0.5, 0.6) is 5.75 Å². The van der Waals surface area contributed by atoms with Crippen LogP contribution in [0.15, 0.2) is 53.9 Å². The summed E-state index contributed by atoms with van der Waals surface area (Å²) >= 11 is 0. The van der Waals surface area contributed by atoms with Crippen LogP contribution in [0.2, 0.25) is 0 Å². The third kappa shape index (κ3) is 3.15. The number of imidazole rings is 1. The molecule has 1 aliphatic heterocycles. The molecule has 0 radical (unpaired) electrons. The highest BCUT2D eigenvalue weighted by molar-refractivity contribution is 5.87. The van der Waals surface area contributed by atoms with Crippen molar-refractivity contribution >= 4 is 17.8 Å². The van der Waals surface area contributed by atoms with Gasteiger partial charge in [0.05, 0.1) is 24.9 Å². The summed E-state index contributed by atoms with van der Waals surface area (Å²) in [7, 11) is 1.64. The molecule has 1 aromatic carbocycles. The molecule has 142 valence electrons. The quantitative estimate of drug-likeness (QED) is 0.642. The molecule has 3 heterocycles. The predicted molar refractivity (Wildman–Crippen MR) is 107 cm³/mol. The first kappa shape index (κ1) is 17.0. The summed E-state index contributed by atoms with van der Waals surface area (Å²) in [5, 5.41) is 5.94. The van der Waals surface area contributed by atoms with E-state index in [4.69, 9.17) is 4.74 Å². The lowest BCUT2D eigenvalue weighted by Crippen LogP contribution is -2.21. The number of carbonyl (C=O) groups is 1. The first-order valence-corrected chi connectivity index (χ1v) is 9.69. The number of hydrogen-bond acceptors (Lipinski definition) is 4. The van der Waals surface area contributed by atoms with E-state index in [1.54, 1.807) is 18.3 Å². The molecule has 0 bridgehead atoms. The Morgan fingerprint density at radius 1 is 1.11 bits per heavy atom. The molecule has 6 heteroatoms. The first-order chi connectivity index (χ1) is 13.7. The van der Waals surface area contributed by atoms with Crippen molar-refractivity contribution in [2.45, 2.75) is 31.1 Å². The van der Waals surface area contributed by atoms with Crippen LogP contribution >= 0.6 is 0 Å². The number of benzene rings is 1. The van der Waals surface area contributed by atoms with Gasteiger partial charge in [-0.3, -0.25) is 4.79 Å². The molecule has 5 rings (SSSR count). The molecule has 1 unspecified atom stereocenters. The van der Waals surface area contributed by atoms with E-state index in [-0.39, 0.29) is 11.8 Å². The maximum absolute atomic E-state index is 12.8. The van der Waals surface area contributed by atoms with Gasteiger partial charge >= 0.3 is 0 Å². The van der Waals surface area contributed by atoms with Gasteiger partial charge in [0, 0.05) is 18.9 Å². The van der Waals surface area contributed by atoms with E-state index in [1.807, 2.05) is 30.5 Å². The highest BCUT2D eigenvalue weighted by Gasteiger charge is 2.34. The second-order valence-corrected chi connectivity index (χ2v) is 7.49. The van der Waals surface area contributed by atoms with E-state index < -0.39 is 0 Å². The van der Waals surface area contributed by atoms with Gasteiger partial charge in [0.15, 0.2) is 0 Å². The topological polar surface area (TPSA) is 59.2 Å². The van der Waals surface area contributed by atoms with Crippen LogP contribution < -0.4 is 4.74 Å². The number of rotatable bonds is 5. The lowest BCUT2D eigenvalue weighted by molar-refractivity contribution is -0.129. The fourth-order valence-corrected chi connectivity index (χ4v) is 3.73. The molecular weight excluding hydrogens is 352 g/mol. The van der Waals surface area contributed by atoms with E-state index in [1.165, 1.54) is 18.4 Å². The fraction of sp³-hybridized carbons (Fsp3) is 0.318. The van der Waals surface area contributed by atoms with E-state index in [9.17, 15) is 4.79 Å². The number of amides is 1. The van der Waals surface area contributed by atoms with Crippen molar-refractivity contribution in [1.29, 1.82) is 0 Å². The number of pyridine rings is 1. The number of hydrogen-bond donors (Lipinski definition) is 0. The smallest absolute Gasteiger partial charge is 0.251 e. The Bertz CT molecular complexity index is 1050. The Morgan fingerprint density at radius 2 is 1.93 bits per heavy atom. The molecule has 1 saturated carbocycles. The summed E-state index contributed by atoms with van der Waals surface area (Å²) in [5.41, 5.74) is 4.02. The van der Waals surface area contributed by atoms with Crippen molar-refractivity contribution in [2.24, 2.45) is 5.10 Å². The molecule has 2 aliphatic rings. The lowest BCUT2D eigenvalue weighted by Gasteiger charge is -2.09. The molecule has 28 heavy (non-hydrogen) atoms. The molecule has 0 N–H and O–H groups in total. The van der Waals surface area contributed by atoms with Crippen LogP contribution in [0.3, 0.4) is 0 Å². The van der Waals surface area contributed by atoms with Crippen LogP contribution in [0.4, 0.5) is 0 Å². The monoisotopic (exact) mass is 374 g/mol. The zero-order valence-corrected chi connectivity index (χ0v) is 15.8. The van der Waals surface area contributed by atoms with Gasteiger partial charge in [0.1, 0.15) is 11.4 Å². The number of fused-ring (bicyclic) bond motifs is 1. The third-order valence-corrected chi connectivity index (χ3v) is 5.54. The highest BCUT2D eigenvalue weighted by Crippen LogP contribution is 2.40. The summed E-state index contributed by atoms with van der Waals surface area (Å²) in [6, 6.07) is 11.8. The van der Waals surface area contributed by atoms with Gasteiger partial charge in [-0.25, -0.2) is 9.99 Å². The Hall–Kier alpha value is -3.15. The van der Waals surface area contributed by atoms with E-state index >= 15 is 0 Å². The number of ether oxygens (including phenoxy) is 1. The van der Waals surface area contributed by atoms with E-state index in [0.29, 0.717) is 12.5 Å². The van der Waals surface area contributed by atoms with Gasteiger partial charge in [-0.2, -0.15) is 5.10 Å². The van der Waals surface area contributed by atoms with E-state index in [0.717, 1.165) is 29.1 Å². The lowest BCUT2D eigenvalue weighted by atomic mass is 10.1. The summed E-state index contributed by atoms with van der Waals surface area (Å²) in [5.74, 6) is 1.28. The highest BCUT2D eigenvalue weighted by atomic mass is 16.5. The van der Waals surface area contributed by atoms with Crippen molar-refractivity contribution in [3.05, 3.63) is 65.6 Å². The average molecular weight is 374 g/mol. The molecular formula is C22H22N4O2. The summed E-state index contributed by atoms with van der Waals surface area (Å²) in [6.45, 7) is 0.608. The van der Waals surface area contributed by atoms with Crippen LogP contribution in [0.1, 0.15) is 47.9 Å². The molecule has 2 fully saturated rings. The minimum Gasteiger partial charge on any atom is -0.497 e. The van der Waals surface area contributed by atoms with Crippen molar-refractivity contribution in [3.8, 4) is 5.75 Å². The van der Waals surface area contributed by atoms with Crippen LogP contribution in [-0.4, -0.2) is 40.2 Å². The predicted octanol–water partition coefficient (Wildman–Crippen LogP) is 3.57. The number of nitrogens with zero attached hydrogens (tertiary/aromatic N) is 4. The van der Waals surface area contributed by atoms with E-state index in [2.05, 4.69) is 32.8 Å². The summed E-state index contributed by atoms with van der Waals surface area (Å²) in [4.78, 5) is 17.5.